The van der Waals surface area contributed by atoms with Gasteiger partial charge in [-0.25, -0.2) is 9.78 Å². The highest BCUT2D eigenvalue weighted by atomic mass is 35.5. The number of pyridine rings is 1. The van der Waals surface area contributed by atoms with Crippen LogP contribution in [0, 0.1) is 0 Å². The third-order valence-electron chi connectivity index (χ3n) is 4.27. The number of nitrogens with one attached hydrogen (secondary N) is 2. The van der Waals surface area contributed by atoms with Gasteiger partial charge >= 0.3 is 6.09 Å². The summed E-state index contributed by atoms with van der Waals surface area (Å²) >= 11 is 5.85. The molecule has 2 aromatic heterocycles. The maximum atomic E-state index is 11.9. The summed E-state index contributed by atoms with van der Waals surface area (Å²) in [5, 5.41) is 10.5. The van der Waals surface area contributed by atoms with Crippen molar-refractivity contribution in [2.75, 3.05) is 5.32 Å². The molecule has 8 nitrogen and oxygen atoms in total. The Balaban J connectivity index is 1.56. The van der Waals surface area contributed by atoms with Crippen LogP contribution < -0.4 is 16.2 Å². The van der Waals surface area contributed by atoms with E-state index in [4.69, 9.17) is 16.3 Å². The fourth-order valence-corrected chi connectivity index (χ4v) is 3.24. The summed E-state index contributed by atoms with van der Waals surface area (Å²) in [6, 6.07) is 6.62. The van der Waals surface area contributed by atoms with Gasteiger partial charge in [-0.1, -0.05) is 11.6 Å². The lowest BCUT2D eigenvalue weighted by molar-refractivity contribution is 0.0505. The van der Waals surface area contributed by atoms with Gasteiger partial charge in [-0.3, -0.25) is 4.79 Å². The first-order chi connectivity index (χ1) is 13.2. The predicted molar refractivity (Wildman–Crippen MR) is 107 cm³/mol. The quantitative estimate of drug-likeness (QED) is 0.810. The third kappa shape index (κ3) is 5.45. The number of carbonyl (C=O) groups is 1. The van der Waals surface area contributed by atoms with Crippen molar-refractivity contribution in [1.82, 2.24) is 20.1 Å². The molecule has 2 N–H and O–H groups in total. The largest absolute Gasteiger partial charge is 0.444 e. The molecule has 3 rings (SSSR count). The van der Waals surface area contributed by atoms with E-state index < -0.39 is 5.60 Å². The standard InChI is InChI=1S/C19H24ClN5O3/c1-19(2,3)28-18(27)23-13-5-4-12(10-13)22-16-8-6-14(11-21-16)25-17(26)9-7-15(20)24-25/h6-9,11-13H,4-5,10H2,1-3H3,(H,21,22)(H,23,27)/t12-,13-/m0/s1. The Bertz CT molecular complexity index is 892. The maximum absolute atomic E-state index is 11.9. The summed E-state index contributed by atoms with van der Waals surface area (Å²) in [6.45, 7) is 5.52. The SMILES string of the molecule is CC(C)(C)OC(=O)N[C@H]1CC[C@H](Nc2ccc(-n3nc(Cl)ccc3=O)cn2)C1. The predicted octanol–water partition coefficient (Wildman–Crippen LogP) is 3.14. The van der Waals surface area contributed by atoms with Crippen molar-refractivity contribution in [3.8, 4) is 5.69 Å². The van der Waals surface area contributed by atoms with Gasteiger partial charge in [-0.15, -0.1) is 0 Å². The Morgan fingerprint density at radius 3 is 2.64 bits per heavy atom. The lowest BCUT2D eigenvalue weighted by atomic mass is 10.2. The fourth-order valence-electron chi connectivity index (χ4n) is 3.10. The third-order valence-corrected chi connectivity index (χ3v) is 4.47. The normalized spacial score (nSPS) is 19.3. The Morgan fingerprint density at radius 1 is 1.21 bits per heavy atom. The zero-order valence-corrected chi connectivity index (χ0v) is 16.9. The van der Waals surface area contributed by atoms with E-state index in [1.807, 2.05) is 20.8 Å². The Morgan fingerprint density at radius 2 is 1.96 bits per heavy atom. The second kappa shape index (κ2) is 8.18. The first-order valence-corrected chi connectivity index (χ1v) is 9.56. The molecule has 0 spiro atoms. The number of halogens is 1. The van der Waals surface area contributed by atoms with Gasteiger partial charge in [0.25, 0.3) is 5.56 Å². The smallest absolute Gasteiger partial charge is 0.407 e. The van der Waals surface area contributed by atoms with Crippen LogP contribution in [0.5, 0.6) is 0 Å². The van der Waals surface area contributed by atoms with Crippen LogP contribution in [-0.2, 0) is 4.74 Å². The summed E-state index contributed by atoms with van der Waals surface area (Å²) in [4.78, 5) is 28.2. The Hall–Kier alpha value is -2.61. The van der Waals surface area contributed by atoms with Gasteiger partial charge in [0, 0.05) is 18.2 Å². The molecule has 9 heteroatoms. The molecular weight excluding hydrogens is 382 g/mol. The van der Waals surface area contributed by atoms with Crippen LogP contribution in [0.3, 0.4) is 0 Å². The average Bonchev–Trinajstić information content (AvgIpc) is 3.03. The van der Waals surface area contributed by atoms with Crippen LogP contribution in [0.25, 0.3) is 5.69 Å². The van der Waals surface area contributed by atoms with E-state index in [0.29, 0.717) is 11.5 Å². The molecular formula is C19H24ClN5O3. The monoisotopic (exact) mass is 405 g/mol. The summed E-state index contributed by atoms with van der Waals surface area (Å²) in [5.41, 5.74) is -0.251. The van der Waals surface area contributed by atoms with Crippen LogP contribution in [0.4, 0.5) is 10.6 Å². The van der Waals surface area contributed by atoms with Crippen LogP contribution in [0.1, 0.15) is 40.0 Å². The highest BCUT2D eigenvalue weighted by Gasteiger charge is 2.27. The highest BCUT2D eigenvalue weighted by molar-refractivity contribution is 6.29. The van der Waals surface area contributed by atoms with Crippen molar-refractivity contribution >= 4 is 23.5 Å². The first kappa shape index (κ1) is 20.1. The van der Waals surface area contributed by atoms with Crippen molar-refractivity contribution in [3.63, 3.8) is 0 Å². The van der Waals surface area contributed by atoms with Crippen molar-refractivity contribution in [2.45, 2.75) is 57.7 Å². The van der Waals surface area contributed by atoms with E-state index in [0.717, 1.165) is 19.3 Å². The minimum absolute atomic E-state index is 0.0702. The molecule has 2 atom stereocenters. The number of amides is 1. The van der Waals surface area contributed by atoms with Gasteiger partial charge in [-0.2, -0.15) is 9.78 Å². The van der Waals surface area contributed by atoms with E-state index in [9.17, 15) is 9.59 Å². The summed E-state index contributed by atoms with van der Waals surface area (Å²) in [7, 11) is 0. The van der Waals surface area contributed by atoms with Crippen LogP contribution >= 0.6 is 11.6 Å². The van der Waals surface area contributed by atoms with E-state index in [-0.39, 0.29) is 28.9 Å². The summed E-state index contributed by atoms with van der Waals surface area (Å²) < 4.78 is 6.50. The van der Waals surface area contributed by atoms with Crippen molar-refractivity contribution in [1.29, 1.82) is 0 Å². The van der Waals surface area contributed by atoms with Gasteiger partial charge in [-0.05, 0) is 58.2 Å². The topological polar surface area (TPSA) is 98.1 Å². The molecule has 0 saturated heterocycles. The van der Waals surface area contributed by atoms with Gasteiger partial charge in [0.15, 0.2) is 0 Å². The molecule has 0 aliphatic heterocycles. The fraction of sp³-hybridized carbons (Fsp3) is 0.474. The number of alkyl carbamates (subject to hydrolysis) is 1. The molecule has 2 heterocycles. The van der Waals surface area contributed by atoms with Crippen molar-refractivity contribution < 1.29 is 9.53 Å². The van der Waals surface area contributed by atoms with Gasteiger partial charge in [0.2, 0.25) is 0 Å². The summed E-state index contributed by atoms with van der Waals surface area (Å²) in [5.74, 6) is 0.696. The Labute approximate surface area is 168 Å². The molecule has 1 aliphatic rings. The highest BCUT2D eigenvalue weighted by Crippen LogP contribution is 2.23. The van der Waals surface area contributed by atoms with E-state index in [1.54, 1.807) is 18.3 Å². The average molecular weight is 406 g/mol. The molecule has 28 heavy (non-hydrogen) atoms. The van der Waals surface area contributed by atoms with Crippen LogP contribution in [-0.4, -0.2) is 38.5 Å². The minimum atomic E-state index is -0.508. The van der Waals surface area contributed by atoms with Crippen LogP contribution in [0.2, 0.25) is 5.15 Å². The van der Waals surface area contributed by atoms with Crippen molar-refractivity contribution in [2.24, 2.45) is 0 Å². The molecule has 0 radical (unpaired) electrons. The number of rotatable bonds is 4. The number of carbonyl (C=O) groups excluding carboxylic acids is 1. The zero-order chi connectivity index (χ0) is 20.3. The van der Waals surface area contributed by atoms with E-state index in [1.165, 1.54) is 16.8 Å². The lowest BCUT2D eigenvalue weighted by Gasteiger charge is -2.22. The zero-order valence-electron chi connectivity index (χ0n) is 16.1. The number of anilines is 1. The van der Waals surface area contributed by atoms with Gasteiger partial charge in [0.1, 0.15) is 16.6 Å². The van der Waals surface area contributed by atoms with Gasteiger partial charge < -0.3 is 15.4 Å². The first-order valence-electron chi connectivity index (χ1n) is 9.18. The van der Waals surface area contributed by atoms with E-state index >= 15 is 0 Å². The van der Waals surface area contributed by atoms with Gasteiger partial charge in [0.05, 0.1) is 11.9 Å². The maximum Gasteiger partial charge on any atom is 0.407 e. The minimum Gasteiger partial charge on any atom is -0.444 e. The number of hydrogen-bond acceptors (Lipinski definition) is 6. The molecule has 150 valence electrons. The molecule has 0 bridgehead atoms. The number of ether oxygens (including phenoxy) is 1. The molecule has 2 aromatic rings. The molecule has 1 fully saturated rings. The molecule has 1 aliphatic carbocycles. The number of hydrogen-bond donors (Lipinski definition) is 2. The number of nitrogens with zero attached hydrogens (tertiary/aromatic N) is 3. The Kier molecular flexibility index (Phi) is 5.88. The molecule has 1 amide bonds. The lowest BCUT2D eigenvalue weighted by Crippen LogP contribution is -2.38. The number of aromatic nitrogens is 3. The molecule has 1 saturated carbocycles. The second-order valence-corrected chi connectivity index (χ2v) is 8.19. The van der Waals surface area contributed by atoms with E-state index in [2.05, 4.69) is 20.7 Å². The molecule has 0 unspecified atom stereocenters. The van der Waals surface area contributed by atoms with Crippen LogP contribution in [0.15, 0.2) is 35.3 Å². The summed E-state index contributed by atoms with van der Waals surface area (Å²) in [6.07, 6.45) is 3.76. The molecule has 0 aromatic carbocycles. The second-order valence-electron chi connectivity index (χ2n) is 7.81. The van der Waals surface area contributed by atoms with Crippen molar-refractivity contribution in [3.05, 3.63) is 46.0 Å².